The van der Waals surface area contributed by atoms with Crippen LogP contribution >= 0.6 is 11.6 Å². The highest BCUT2D eigenvalue weighted by molar-refractivity contribution is 6.30. The lowest BCUT2D eigenvalue weighted by Gasteiger charge is -2.15. The van der Waals surface area contributed by atoms with Crippen molar-refractivity contribution < 1.29 is 40.6 Å². The van der Waals surface area contributed by atoms with Gasteiger partial charge in [0, 0.05) is 17.5 Å². The van der Waals surface area contributed by atoms with Crippen molar-refractivity contribution in [3.05, 3.63) is 75.7 Å². The Morgan fingerprint density at radius 1 is 1.02 bits per heavy atom. The summed E-state index contributed by atoms with van der Waals surface area (Å²) >= 11 is 5.86. The molecule has 1 N–H and O–H groups in total. The summed E-state index contributed by atoms with van der Waals surface area (Å²) in [4.78, 5) is 16.8. The standard InChI is InChI=1S/C23H18ClF7N6O3/c1-22(27,28)19-32-17(33-37(19)14-4-2-3-5-15(14)40-20(25)26)11-36-21(39)35(10-16(38)23(29,30)31)18(34-36)12-6-8-13(24)9-7-12/h2-9,16,20,38H,10-11H2,1H3. The van der Waals surface area contributed by atoms with Crippen LogP contribution in [0.1, 0.15) is 18.6 Å². The molecule has 0 radical (unpaired) electrons. The first-order valence-electron chi connectivity index (χ1n) is 11.2. The van der Waals surface area contributed by atoms with Crippen molar-refractivity contribution in [1.82, 2.24) is 29.1 Å². The maximum Gasteiger partial charge on any atom is 0.416 e. The van der Waals surface area contributed by atoms with Crippen LogP contribution in [0.15, 0.2) is 53.3 Å². The average molecular weight is 595 g/mol. The highest BCUT2D eigenvalue weighted by Gasteiger charge is 2.39. The highest BCUT2D eigenvalue weighted by atomic mass is 35.5. The maximum atomic E-state index is 14.5. The minimum absolute atomic E-state index is 0.159. The second kappa shape index (κ2) is 10.9. The van der Waals surface area contributed by atoms with Crippen LogP contribution in [-0.2, 0) is 19.0 Å². The Balaban J connectivity index is 1.80. The molecule has 0 aliphatic carbocycles. The molecule has 2 heterocycles. The first kappa shape index (κ1) is 29.1. The zero-order valence-corrected chi connectivity index (χ0v) is 20.9. The molecule has 40 heavy (non-hydrogen) atoms. The fraction of sp³-hybridized carbons (Fsp3) is 0.304. The maximum absolute atomic E-state index is 14.5. The van der Waals surface area contributed by atoms with E-state index < -0.39 is 61.0 Å². The molecule has 0 aliphatic heterocycles. The van der Waals surface area contributed by atoms with Crippen molar-refractivity contribution >= 4 is 11.6 Å². The SMILES string of the molecule is CC(F)(F)c1nc(Cn2nc(-c3ccc(Cl)cc3)n(CC(O)C(F)(F)F)c2=O)nn1-c1ccccc1OC(F)F. The van der Waals surface area contributed by atoms with Crippen molar-refractivity contribution in [2.75, 3.05) is 0 Å². The van der Waals surface area contributed by atoms with Gasteiger partial charge in [-0.2, -0.15) is 30.7 Å². The van der Waals surface area contributed by atoms with Crippen LogP contribution in [0.2, 0.25) is 5.02 Å². The lowest BCUT2D eigenvalue weighted by molar-refractivity contribution is -0.207. The molecule has 0 saturated heterocycles. The van der Waals surface area contributed by atoms with E-state index in [0.717, 1.165) is 6.07 Å². The summed E-state index contributed by atoms with van der Waals surface area (Å²) in [5, 5.41) is 17.8. The Kier molecular flexibility index (Phi) is 7.94. The molecular formula is C23H18ClF7N6O3. The molecule has 4 aromatic rings. The highest BCUT2D eigenvalue weighted by Crippen LogP contribution is 2.32. The van der Waals surface area contributed by atoms with Gasteiger partial charge in [0.05, 0.1) is 6.54 Å². The van der Waals surface area contributed by atoms with E-state index in [2.05, 4.69) is 19.9 Å². The molecule has 0 fully saturated rings. The second-order valence-corrected chi connectivity index (χ2v) is 8.87. The molecule has 2 aromatic heterocycles. The van der Waals surface area contributed by atoms with Gasteiger partial charge in [0.2, 0.25) is 5.82 Å². The van der Waals surface area contributed by atoms with Gasteiger partial charge in [-0.25, -0.2) is 19.1 Å². The van der Waals surface area contributed by atoms with Gasteiger partial charge < -0.3 is 9.84 Å². The van der Waals surface area contributed by atoms with Crippen LogP contribution in [0, 0.1) is 0 Å². The Bertz CT molecular complexity index is 1540. The van der Waals surface area contributed by atoms with Crippen molar-refractivity contribution in [3.8, 4) is 22.8 Å². The summed E-state index contributed by atoms with van der Waals surface area (Å²) in [6, 6.07) is 10.5. The van der Waals surface area contributed by atoms with Crippen molar-refractivity contribution in [3.63, 3.8) is 0 Å². The Morgan fingerprint density at radius 2 is 1.68 bits per heavy atom. The molecule has 0 aliphatic rings. The average Bonchev–Trinajstić information content (AvgIpc) is 3.41. The molecule has 0 spiro atoms. The lowest BCUT2D eigenvalue weighted by Crippen LogP contribution is -2.37. The summed E-state index contributed by atoms with van der Waals surface area (Å²) in [5.41, 5.74) is -1.30. The lowest BCUT2D eigenvalue weighted by atomic mass is 10.2. The molecule has 1 atom stereocenters. The molecule has 4 rings (SSSR count). The topological polar surface area (TPSA) is 100.0 Å². The van der Waals surface area contributed by atoms with E-state index >= 15 is 0 Å². The van der Waals surface area contributed by atoms with Gasteiger partial charge in [-0.05, 0) is 36.4 Å². The minimum atomic E-state index is -5.06. The predicted octanol–water partition coefficient (Wildman–Crippen LogP) is 4.63. The van der Waals surface area contributed by atoms with Gasteiger partial charge >= 0.3 is 24.4 Å². The number of aliphatic hydroxyl groups excluding tert-OH is 1. The first-order chi connectivity index (χ1) is 18.6. The third-order valence-electron chi connectivity index (χ3n) is 5.40. The van der Waals surface area contributed by atoms with Gasteiger partial charge in [0.25, 0.3) is 0 Å². The van der Waals surface area contributed by atoms with E-state index in [-0.39, 0.29) is 22.1 Å². The van der Waals surface area contributed by atoms with Crippen molar-refractivity contribution in [1.29, 1.82) is 0 Å². The number of rotatable bonds is 9. The van der Waals surface area contributed by atoms with E-state index in [1.807, 2.05) is 0 Å². The van der Waals surface area contributed by atoms with Gasteiger partial charge in [0.15, 0.2) is 23.5 Å². The summed E-state index contributed by atoms with van der Waals surface area (Å²) in [6.07, 6.45) is -7.99. The molecule has 214 valence electrons. The van der Waals surface area contributed by atoms with E-state index in [0.29, 0.717) is 20.9 Å². The number of hydrogen-bond acceptors (Lipinski definition) is 6. The largest absolute Gasteiger partial charge is 0.433 e. The quantitative estimate of drug-likeness (QED) is 0.284. The second-order valence-electron chi connectivity index (χ2n) is 8.44. The fourth-order valence-electron chi connectivity index (χ4n) is 3.63. The Morgan fingerprint density at radius 3 is 2.27 bits per heavy atom. The van der Waals surface area contributed by atoms with Crippen LogP contribution in [-0.4, -0.2) is 53.1 Å². The molecule has 17 heteroatoms. The van der Waals surface area contributed by atoms with E-state index in [1.165, 1.54) is 42.5 Å². The molecule has 1 unspecified atom stereocenters. The van der Waals surface area contributed by atoms with Gasteiger partial charge in [0.1, 0.15) is 12.2 Å². The van der Waals surface area contributed by atoms with Crippen LogP contribution < -0.4 is 10.4 Å². The van der Waals surface area contributed by atoms with Gasteiger partial charge in [-0.1, -0.05) is 23.7 Å². The summed E-state index contributed by atoms with van der Waals surface area (Å²) in [7, 11) is 0. The molecule has 0 amide bonds. The molecular weight excluding hydrogens is 577 g/mol. The molecule has 0 saturated carbocycles. The number of para-hydroxylation sites is 2. The zero-order valence-electron chi connectivity index (χ0n) is 20.2. The van der Waals surface area contributed by atoms with E-state index in [9.17, 15) is 40.6 Å². The molecule has 9 nitrogen and oxygen atoms in total. The number of nitrogens with zero attached hydrogens (tertiary/aromatic N) is 6. The van der Waals surface area contributed by atoms with Crippen molar-refractivity contribution in [2.45, 2.75) is 44.8 Å². The number of benzene rings is 2. The molecule has 2 aromatic carbocycles. The molecule has 0 bridgehead atoms. The Hall–Kier alpha value is -3.92. The third-order valence-corrected chi connectivity index (χ3v) is 5.65. The number of aliphatic hydroxyl groups is 1. The van der Waals surface area contributed by atoms with Gasteiger partial charge in [-0.15, -0.1) is 10.2 Å². The summed E-state index contributed by atoms with van der Waals surface area (Å²) < 4.78 is 100. The first-order valence-corrected chi connectivity index (χ1v) is 11.6. The fourth-order valence-corrected chi connectivity index (χ4v) is 3.76. The number of hydrogen-bond donors (Lipinski definition) is 1. The van der Waals surface area contributed by atoms with Gasteiger partial charge in [-0.3, -0.25) is 4.57 Å². The van der Waals surface area contributed by atoms with Crippen LogP contribution in [0.25, 0.3) is 17.1 Å². The summed E-state index contributed by atoms with van der Waals surface area (Å²) in [6.45, 7) is -4.73. The van der Waals surface area contributed by atoms with E-state index in [1.54, 1.807) is 0 Å². The van der Waals surface area contributed by atoms with Crippen LogP contribution in [0.5, 0.6) is 5.75 Å². The van der Waals surface area contributed by atoms with E-state index in [4.69, 9.17) is 11.6 Å². The minimum Gasteiger partial charge on any atom is -0.433 e. The third kappa shape index (κ3) is 6.28. The number of aromatic nitrogens is 6. The predicted molar refractivity (Wildman–Crippen MR) is 126 cm³/mol. The monoisotopic (exact) mass is 594 g/mol. The van der Waals surface area contributed by atoms with Crippen molar-refractivity contribution in [2.24, 2.45) is 0 Å². The smallest absolute Gasteiger partial charge is 0.416 e. The normalized spacial score (nSPS) is 13.2. The number of halogens is 8. The van der Waals surface area contributed by atoms with Crippen LogP contribution in [0.3, 0.4) is 0 Å². The number of alkyl halides is 7. The van der Waals surface area contributed by atoms with Crippen LogP contribution in [0.4, 0.5) is 30.7 Å². The Labute approximate surface area is 225 Å². The summed E-state index contributed by atoms with van der Waals surface area (Å²) in [5.74, 6) is -5.88. The number of ether oxygens (including phenoxy) is 1. The zero-order chi connectivity index (χ0) is 29.4.